The molecular weight excluding hydrogens is 369 g/mol. The predicted molar refractivity (Wildman–Crippen MR) is 87.9 cm³/mol. The number of anilines is 1. The number of carbonyl (C=O) groups excluding carboxylic acids is 1. The fourth-order valence-electron chi connectivity index (χ4n) is 3.08. The van der Waals surface area contributed by atoms with Crippen LogP contribution in [0.2, 0.25) is 0 Å². The van der Waals surface area contributed by atoms with Crippen LogP contribution in [0.3, 0.4) is 0 Å². The van der Waals surface area contributed by atoms with Gasteiger partial charge in [-0.3, -0.25) is 4.79 Å². The first-order valence-corrected chi connectivity index (χ1v) is 7.74. The molecule has 0 saturated carbocycles. The van der Waals surface area contributed by atoms with Crippen LogP contribution >= 0.6 is 0 Å². The summed E-state index contributed by atoms with van der Waals surface area (Å²) in [6, 6.07) is 4.42. The quantitative estimate of drug-likeness (QED) is 0.845. The molecule has 7 nitrogen and oxygen atoms in total. The van der Waals surface area contributed by atoms with Crippen molar-refractivity contribution in [1.29, 1.82) is 0 Å². The molecule has 0 saturated heterocycles. The third-order valence-electron chi connectivity index (χ3n) is 4.30. The van der Waals surface area contributed by atoms with Crippen LogP contribution < -0.4 is 14.8 Å². The summed E-state index contributed by atoms with van der Waals surface area (Å²) in [7, 11) is 2.75. The molecule has 1 aromatic carbocycles. The molecule has 0 spiro atoms. The summed E-state index contributed by atoms with van der Waals surface area (Å²) in [4.78, 5) is 23.3. The van der Waals surface area contributed by atoms with E-state index in [9.17, 15) is 27.9 Å². The highest BCUT2D eigenvalue weighted by atomic mass is 19.4. The molecule has 1 amide bonds. The molecule has 2 aromatic rings. The van der Waals surface area contributed by atoms with Crippen molar-refractivity contribution in [2.75, 3.05) is 19.5 Å². The van der Waals surface area contributed by atoms with Gasteiger partial charge >= 0.3 is 12.1 Å². The van der Waals surface area contributed by atoms with Gasteiger partial charge in [0.15, 0.2) is 0 Å². The second kappa shape index (κ2) is 6.53. The minimum absolute atomic E-state index is 0.182. The van der Waals surface area contributed by atoms with Crippen LogP contribution in [0.5, 0.6) is 11.5 Å². The maximum absolute atomic E-state index is 13.6. The minimum Gasteiger partial charge on any atom is -0.497 e. The van der Waals surface area contributed by atoms with Gasteiger partial charge in [0.25, 0.3) is 0 Å². The predicted octanol–water partition coefficient (Wildman–Crippen LogP) is 3.18. The zero-order valence-corrected chi connectivity index (χ0v) is 14.3. The molecule has 0 unspecified atom stereocenters. The summed E-state index contributed by atoms with van der Waals surface area (Å²) in [6.07, 6.45) is -4.53. The van der Waals surface area contributed by atoms with Gasteiger partial charge in [0.1, 0.15) is 23.0 Å². The fraction of sp³-hybridized carbons (Fsp3) is 0.294. The molecular formula is C17H15F3N2O5. The number of aromatic nitrogens is 1. The zero-order chi connectivity index (χ0) is 19.9. The van der Waals surface area contributed by atoms with Crippen molar-refractivity contribution in [3.8, 4) is 17.2 Å². The van der Waals surface area contributed by atoms with E-state index in [1.54, 1.807) is 0 Å². The van der Waals surface area contributed by atoms with E-state index in [4.69, 9.17) is 9.47 Å². The number of aromatic carboxylic acids is 1. The molecule has 3 rings (SSSR count). The average Bonchev–Trinajstić information content (AvgIpc) is 2.98. The van der Waals surface area contributed by atoms with E-state index in [-0.39, 0.29) is 22.8 Å². The lowest BCUT2D eigenvalue weighted by molar-refractivity contribution is -0.157. The first kappa shape index (κ1) is 18.6. The van der Waals surface area contributed by atoms with Crippen molar-refractivity contribution in [2.45, 2.75) is 18.5 Å². The molecule has 10 heteroatoms. The number of benzene rings is 1. The van der Waals surface area contributed by atoms with E-state index in [1.165, 1.54) is 32.4 Å². The summed E-state index contributed by atoms with van der Waals surface area (Å²) in [6.45, 7) is 0. The van der Waals surface area contributed by atoms with Crippen molar-refractivity contribution < 1.29 is 37.3 Å². The topological polar surface area (TPSA) is 89.8 Å². The van der Waals surface area contributed by atoms with Crippen molar-refractivity contribution in [3.63, 3.8) is 0 Å². The van der Waals surface area contributed by atoms with E-state index in [0.717, 1.165) is 10.8 Å². The monoisotopic (exact) mass is 384 g/mol. The molecule has 1 aliphatic heterocycles. The van der Waals surface area contributed by atoms with Gasteiger partial charge in [-0.25, -0.2) is 4.79 Å². The van der Waals surface area contributed by atoms with Crippen LogP contribution in [-0.2, 0) is 4.79 Å². The van der Waals surface area contributed by atoms with Gasteiger partial charge < -0.3 is 24.5 Å². The average molecular weight is 384 g/mol. The van der Waals surface area contributed by atoms with Crippen molar-refractivity contribution in [2.24, 2.45) is 0 Å². The molecule has 0 fully saturated rings. The third-order valence-corrected chi connectivity index (χ3v) is 4.30. The molecule has 144 valence electrons. The fourth-order valence-corrected chi connectivity index (χ4v) is 3.08. The van der Waals surface area contributed by atoms with Crippen LogP contribution in [0.4, 0.5) is 18.9 Å². The largest absolute Gasteiger partial charge is 0.497 e. The zero-order valence-electron chi connectivity index (χ0n) is 14.3. The minimum atomic E-state index is -4.74. The first-order chi connectivity index (χ1) is 12.7. The number of amides is 1. The number of nitrogens with one attached hydrogen (secondary N) is 1. The normalized spacial score (nSPS) is 16.5. The molecule has 2 N–H and O–H groups in total. The lowest BCUT2D eigenvalue weighted by atomic mass is 9.94. The summed E-state index contributed by atoms with van der Waals surface area (Å²) in [5.41, 5.74) is -0.973. The van der Waals surface area contributed by atoms with Gasteiger partial charge in [-0.05, 0) is 12.1 Å². The molecule has 1 aromatic heterocycles. The number of fused-ring (bicyclic) bond motifs is 1. The number of rotatable bonds is 4. The van der Waals surface area contributed by atoms with E-state index >= 15 is 0 Å². The highest BCUT2D eigenvalue weighted by Crippen LogP contribution is 2.47. The molecule has 27 heavy (non-hydrogen) atoms. The van der Waals surface area contributed by atoms with Gasteiger partial charge in [0.2, 0.25) is 5.91 Å². The van der Waals surface area contributed by atoms with Gasteiger partial charge in [0.05, 0.1) is 31.3 Å². The third kappa shape index (κ3) is 3.18. The number of hydrogen-bond donors (Lipinski definition) is 2. The summed E-state index contributed by atoms with van der Waals surface area (Å²) >= 11 is 0. The van der Waals surface area contributed by atoms with Crippen LogP contribution in [-0.4, -0.2) is 41.9 Å². The Balaban J connectivity index is 2.31. The number of halogens is 3. The molecule has 1 atom stereocenters. The van der Waals surface area contributed by atoms with Crippen molar-refractivity contribution in [3.05, 3.63) is 35.7 Å². The standard InChI is InChI=1S/C17H15F3N2O5/c1-26-8-3-4-11(12(5-8)27-2)22-7-9(16(24)25)14-15(22)10(17(18,19)20)6-13(23)21-14/h3-5,7,10H,6H2,1-2H3,(H,21,23)(H,24,25)/t10-/m1/s1. The number of carboxylic acid groups (broad SMARTS) is 1. The summed E-state index contributed by atoms with van der Waals surface area (Å²) in [5.74, 6) is -3.91. The SMILES string of the molecule is COc1ccc(-n2cc(C(=O)O)c3c2[C@H](C(F)(F)F)CC(=O)N3)c(OC)c1. The summed E-state index contributed by atoms with van der Waals surface area (Å²) < 4.78 is 52.2. The number of nitrogens with zero attached hydrogens (tertiary/aromatic N) is 1. The molecule has 2 heterocycles. The van der Waals surface area contributed by atoms with Crippen LogP contribution in [0.25, 0.3) is 5.69 Å². The van der Waals surface area contributed by atoms with Crippen LogP contribution in [0.1, 0.15) is 28.4 Å². The lowest BCUT2D eigenvalue weighted by Gasteiger charge is -2.27. The highest BCUT2D eigenvalue weighted by molar-refractivity contribution is 6.04. The molecule has 0 bridgehead atoms. The number of methoxy groups -OCH3 is 2. The Morgan fingerprint density at radius 1 is 1.30 bits per heavy atom. The Bertz CT molecular complexity index is 920. The number of carbonyl (C=O) groups is 2. The van der Waals surface area contributed by atoms with E-state index in [1.807, 2.05) is 0 Å². The van der Waals surface area contributed by atoms with Crippen molar-refractivity contribution >= 4 is 17.6 Å². The Morgan fingerprint density at radius 3 is 2.56 bits per heavy atom. The van der Waals surface area contributed by atoms with Gasteiger partial charge in [-0.2, -0.15) is 13.2 Å². The van der Waals surface area contributed by atoms with Gasteiger partial charge in [0, 0.05) is 18.7 Å². The number of hydrogen-bond acceptors (Lipinski definition) is 4. The number of alkyl halides is 3. The Labute approximate surface area is 151 Å². The second-order valence-electron chi connectivity index (χ2n) is 5.86. The Morgan fingerprint density at radius 2 is 2.00 bits per heavy atom. The number of carboxylic acids is 1. The molecule has 0 aliphatic carbocycles. The second-order valence-corrected chi connectivity index (χ2v) is 5.86. The Hall–Kier alpha value is -3.17. The smallest absolute Gasteiger partial charge is 0.397 e. The molecule has 1 aliphatic rings. The summed E-state index contributed by atoms with van der Waals surface area (Å²) in [5, 5.41) is 11.6. The van der Waals surface area contributed by atoms with Crippen molar-refractivity contribution in [1.82, 2.24) is 4.57 Å². The van der Waals surface area contributed by atoms with E-state index in [0.29, 0.717) is 5.75 Å². The van der Waals surface area contributed by atoms with Gasteiger partial charge in [-0.15, -0.1) is 0 Å². The lowest BCUT2D eigenvalue weighted by Crippen LogP contribution is -2.33. The van der Waals surface area contributed by atoms with Crippen LogP contribution in [0, 0.1) is 0 Å². The Kier molecular flexibility index (Phi) is 4.50. The maximum Gasteiger partial charge on any atom is 0.397 e. The molecule has 0 radical (unpaired) electrons. The van der Waals surface area contributed by atoms with Gasteiger partial charge in [-0.1, -0.05) is 0 Å². The first-order valence-electron chi connectivity index (χ1n) is 7.74. The van der Waals surface area contributed by atoms with E-state index in [2.05, 4.69) is 5.32 Å². The van der Waals surface area contributed by atoms with Crippen LogP contribution in [0.15, 0.2) is 24.4 Å². The number of ether oxygens (including phenoxy) is 2. The van der Waals surface area contributed by atoms with E-state index < -0.39 is 36.0 Å². The maximum atomic E-state index is 13.6. The highest BCUT2D eigenvalue weighted by Gasteiger charge is 2.48.